The first kappa shape index (κ1) is 15.5. The van der Waals surface area contributed by atoms with Crippen LogP contribution in [-0.4, -0.2) is 52.8 Å². The summed E-state index contributed by atoms with van der Waals surface area (Å²) in [6.07, 6.45) is 3.20. The molecule has 1 aromatic heterocycles. The Bertz CT molecular complexity index is 702. The van der Waals surface area contributed by atoms with Crippen LogP contribution in [0, 0.1) is 0 Å². The predicted molar refractivity (Wildman–Crippen MR) is 85.8 cm³/mol. The highest BCUT2D eigenvalue weighted by Gasteiger charge is 2.23. The van der Waals surface area contributed by atoms with Crippen molar-refractivity contribution in [2.75, 3.05) is 26.2 Å². The average Bonchev–Trinajstić information content (AvgIpc) is 3.03. The van der Waals surface area contributed by atoms with Crippen molar-refractivity contribution in [1.82, 2.24) is 14.8 Å². The van der Waals surface area contributed by atoms with Crippen LogP contribution < -0.4 is 0 Å². The number of oxazole rings is 1. The molecule has 6 heteroatoms. The Morgan fingerprint density at radius 1 is 1.13 bits per heavy atom. The summed E-state index contributed by atoms with van der Waals surface area (Å²) in [4.78, 5) is 32.0. The van der Waals surface area contributed by atoms with Gasteiger partial charge in [0, 0.05) is 32.6 Å². The van der Waals surface area contributed by atoms with Crippen molar-refractivity contribution in [3.63, 3.8) is 0 Å². The maximum Gasteiger partial charge on any atom is 0.227 e. The Morgan fingerprint density at radius 2 is 1.83 bits per heavy atom. The van der Waals surface area contributed by atoms with Crippen LogP contribution in [0.3, 0.4) is 0 Å². The summed E-state index contributed by atoms with van der Waals surface area (Å²) in [5.74, 6) is 0.279. The van der Waals surface area contributed by atoms with E-state index in [-0.39, 0.29) is 11.8 Å². The van der Waals surface area contributed by atoms with E-state index in [1.807, 2.05) is 34.9 Å². The molecule has 0 radical (unpaired) electrons. The molecule has 6 nitrogen and oxygen atoms in total. The highest BCUT2D eigenvalue weighted by Crippen LogP contribution is 2.16. The van der Waals surface area contributed by atoms with E-state index in [1.165, 1.54) is 6.39 Å². The monoisotopic (exact) mass is 315 g/mol. The lowest BCUT2D eigenvalue weighted by Gasteiger charge is -2.35. The number of nitrogens with zero attached hydrogens (tertiary/aromatic N) is 3. The van der Waals surface area contributed by atoms with Gasteiger partial charge in [0.1, 0.15) is 5.52 Å². The number of benzene rings is 1. The summed E-state index contributed by atoms with van der Waals surface area (Å²) in [6.45, 7) is 4.48. The zero-order valence-electron chi connectivity index (χ0n) is 13.3. The van der Waals surface area contributed by atoms with E-state index in [0.29, 0.717) is 44.6 Å². The smallest absolute Gasteiger partial charge is 0.227 e. The number of rotatable bonds is 4. The van der Waals surface area contributed by atoms with E-state index < -0.39 is 0 Å². The topological polar surface area (TPSA) is 66.7 Å². The van der Waals surface area contributed by atoms with Gasteiger partial charge in [-0.05, 0) is 24.1 Å². The first-order chi connectivity index (χ1) is 11.2. The summed E-state index contributed by atoms with van der Waals surface area (Å²) in [5.41, 5.74) is 2.42. The van der Waals surface area contributed by atoms with Gasteiger partial charge in [-0.25, -0.2) is 4.98 Å². The summed E-state index contributed by atoms with van der Waals surface area (Å²) < 4.78 is 5.27. The molecule has 0 N–H and O–H groups in total. The highest BCUT2D eigenvalue weighted by molar-refractivity contribution is 5.81. The molecule has 23 heavy (non-hydrogen) atoms. The molecule has 2 heterocycles. The molecule has 0 saturated carbocycles. The molecule has 122 valence electrons. The second-order valence-corrected chi connectivity index (χ2v) is 5.84. The van der Waals surface area contributed by atoms with Crippen molar-refractivity contribution in [3.05, 3.63) is 30.2 Å². The van der Waals surface area contributed by atoms with E-state index in [2.05, 4.69) is 4.98 Å². The van der Waals surface area contributed by atoms with E-state index >= 15 is 0 Å². The lowest BCUT2D eigenvalue weighted by molar-refractivity contribution is -0.139. The van der Waals surface area contributed by atoms with Crippen molar-refractivity contribution in [1.29, 1.82) is 0 Å². The van der Waals surface area contributed by atoms with Crippen molar-refractivity contribution in [2.45, 2.75) is 26.2 Å². The van der Waals surface area contributed by atoms with E-state index in [0.717, 1.165) is 17.5 Å². The Labute approximate surface area is 135 Å². The van der Waals surface area contributed by atoms with Gasteiger partial charge in [-0.15, -0.1) is 0 Å². The Hall–Kier alpha value is -2.37. The summed E-state index contributed by atoms with van der Waals surface area (Å²) in [6, 6.07) is 5.63. The first-order valence-electron chi connectivity index (χ1n) is 8.05. The van der Waals surface area contributed by atoms with Crippen molar-refractivity contribution >= 4 is 22.9 Å². The van der Waals surface area contributed by atoms with Gasteiger partial charge in [-0.3, -0.25) is 9.59 Å². The fourth-order valence-electron chi connectivity index (χ4n) is 2.87. The number of carbonyl (C=O) groups is 2. The minimum Gasteiger partial charge on any atom is -0.443 e. The zero-order valence-corrected chi connectivity index (χ0v) is 13.3. The Balaban J connectivity index is 1.56. The summed E-state index contributed by atoms with van der Waals surface area (Å²) >= 11 is 0. The Kier molecular flexibility index (Phi) is 4.60. The third kappa shape index (κ3) is 3.52. The van der Waals surface area contributed by atoms with Gasteiger partial charge >= 0.3 is 0 Å². The second kappa shape index (κ2) is 6.81. The highest BCUT2D eigenvalue weighted by atomic mass is 16.3. The summed E-state index contributed by atoms with van der Waals surface area (Å²) in [5, 5.41) is 0. The number of carbonyl (C=O) groups excluding carboxylic acids is 2. The van der Waals surface area contributed by atoms with Crippen LogP contribution in [0.4, 0.5) is 0 Å². The molecule has 1 aliphatic rings. The lowest BCUT2D eigenvalue weighted by Crippen LogP contribution is -2.50. The van der Waals surface area contributed by atoms with Crippen LogP contribution in [-0.2, 0) is 16.0 Å². The van der Waals surface area contributed by atoms with Crippen LogP contribution in [0.5, 0.6) is 0 Å². The maximum atomic E-state index is 12.4. The van der Waals surface area contributed by atoms with Crippen molar-refractivity contribution in [3.8, 4) is 0 Å². The molecule has 1 saturated heterocycles. The second-order valence-electron chi connectivity index (χ2n) is 5.84. The third-order valence-electron chi connectivity index (χ3n) is 4.20. The third-order valence-corrected chi connectivity index (χ3v) is 4.20. The fraction of sp³-hybridized carbons (Fsp3) is 0.471. The van der Waals surface area contributed by atoms with E-state index in [9.17, 15) is 9.59 Å². The molecule has 0 bridgehead atoms. The predicted octanol–water partition coefficient (Wildman–Crippen LogP) is 1.84. The molecule has 3 rings (SSSR count). The molecule has 0 aliphatic carbocycles. The molecule has 0 spiro atoms. The molecule has 0 unspecified atom stereocenters. The van der Waals surface area contributed by atoms with Crippen LogP contribution >= 0.6 is 0 Å². The first-order valence-corrected chi connectivity index (χ1v) is 8.05. The van der Waals surface area contributed by atoms with Gasteiger partial charge in [-0.1, -0.05) is 13.0 Å². The van der Waals surface area contributed by atoms with E-state index in [4.69, 9.17) is 4.42 Å². The van der Waals surface area contributed by atoms with Crippen LogP contribution in [0.2, 0.25) is 0 Å². The number of hydrogen-bond donors (Lipinski definition) is 0. The van der Waals surface area contributed by atoms with Crippen LogP contribution in [0.25, 0.3) is 11.1 Å². The normalized spacial score (nSPS) is 15.2. The van der Waals surface area contributed by atoms with Gasteiger partial charge in [0.2, 0.25) is 11.8 Å². The molecule has 1 aromatic carbocycles. The van der Waals surface area contributed by atoms with Gasteiger partial charge in [0.15, 0.2) is 12.0 Å². The molecule has 2 aromatic rings. The van der Waals surface area contributed by atoms with Crippen molar-refractivity contribution < 1.29 is 14.0 Å². The molecular formula is C17H21N3O3. The molecular weight excluding hydrogens is 294 g/mol. The lowest BCUT2D eigenvalue weighted by atomic mass is 10.1. The number of amides is 2. The molecule has 1 aliphatic heterocycles. The van der Waals surface area contributed by atoms with Crippen molar-refractivity contribution in [2.24, 2.45) is 0 Å². The Morgan fingerprint density at radius 3 is 2.52 bits per heavy atom. The maximum absolute atomic E-state index is 12.4. The number of hydrogen-bond acceptors (Lipinski definition) is 4. The van der Waals surface area contributed by atoms with Gasteiger partial charge < -0.3 is 14.2 Å². The largest absolute Gasteiger partial charge is 0.443 e. The molecule has 1 fully saturated rings. The van der Waals surface area contributed by atoms with Crippen LogP contribution in [0.1, 0.15) is 25.3 Å². The fourth-order valence-corrected chi connectivity index (χ4v) is 2.87. The van der Waals surface area contributed by atoms with Gasteiger partial charge in [-0.2, -0.15) is 0 Å². The minimum atomic E-state index is 0.0893. The van der Waals surface area contributed by atoms with E-state index in [1.54, 1.807) is 0 Å². The number of piperazine rings is 1. The van der Waals surface area contributed by atoms with Crippen LogP contribution in [0.15, 0.2) is 29.0 Å². The molecule has 2 amide bonds. The SMILES string of the molecule is CCCC(=O)N1CCN(C(=O)Cc2ccc3ncoc3c2)CC1. The minimum absolute atomic E-state index is 0.0893. The zero-order chi connectivity index (χ0) is 16.2. The summed E-state index contributed by atoms with van der Waals surface area (Å²) in [7, 11) is 0. The van der Waals surface area contributed by atoms with Gasteiger partial charge in [0.25, 0.3) is 0 Å². The van der Waals surface area contributed by atoms with Gasteiger partial charge in [0.05, 0.1) is 6.42 Å². The standard InChI is InChI=1S/C17H21N3O3/c1-2-3-16(21)19-6-8-20(9-7-19)17(22)11-13-4-5-14-15(10-13)23-12-18-14/h4-5,10,12H,2-3,6-9,11H2,1H3. The quantitative estimate of drug-likeness (QED) is 0.863. The number of fused-ring (bicyclic) bond motifs is 1. The number of aromatic nitrogens is 1. The molecule has 0 atom stereocenters. The average molecular weight is 315 g/mol.